The topological polar surface area (TPSA) is 35.2 Å². The molecule has 0 bridgehead atoms. The van der Waals surface area contributed by atoms with Crippen molar-refractivity contribution < 1.29 is 22.3 Å². The first-order valence-electron chi connectivity index (χ1n) is 6.09. The minimum absolute atomic E-state index is 0.0169. The third-order valence-corrected chi connectivity index (χ3v) is 3.21. The number of hydrogen-bond donors (Lipinski definition) is 1. The molecule has 1 unspecified atom stereocenters. The summed E-state index contributed by atoms with van der Waals surface area (Å²) in [4.78, 5) is 0. The summed E-state index contributed by atoms with van der Waals surface area (Å²) < 4.78 is 59.7. The highest BCUT2D eigenvalue weighted by Crippen LogP contribution is 2.30. The second-order valence-electron chi connectivity index (χ2n) is 4.61. The maximum absolute atomic E-state index is 13.9. The van der Waals surface area contributed by atoms with Gasteiger partial charge in [-0.05, 0) is 18.6 Å². The number of halogens is 4. The van der Waals surface area contributed by atoms with Crippen molar-refractivity contribution in [1.29, 1.82) is 0 Å². The molecule has 112 valence electrons. The second-order valence-corrected chi connectivity index (χ2v) is 4.61. The average molecular weight is 299 g/mol. The van der Waals surface area contributed by atoms with Gasteiger partial charge in [0.1, 0.15) is 29.0 Å². The van der Waals surface area contributed by atoms with Crippen LogP contribution in [0.1, 0.15) is 22.7 Å². The van der Waals surface area contributed by atoms with Gasteiger partial charge in [-0.1, -0.05) is 0 Å². The van der Waals surface area contributed by atoms with Gasteiger partial charge in [-0.2, -0.15) is 0 Å². The number of nitrogens with two attached hydrogens (primary N) is 1. The zero-order valence-corrected chi connectivity index (χ0v) is 11.4. The lowest BCUT2D eigenvalue weighted by Gasteiger charge is -2.17. The third-order valence-electron chi connectivity index (χ3n) is 3.21. The minimum Gasteiger partial charge on any atom is -0.497 e. The van der Waals surface area contributed by atoms with Crippen LogP contribution in [-0.4, -0.2) is 7.11 Å². The Morgan fingerprint density at radius 1 is 0.905 bits per heavy atom. The lowest BCUT2D eigenvalue weighted by molar-refractivity contribution is 0.404. The molecule has 0 amide bonds. The first kappa shape index (κ1) is 15.3. The molecule has 2 rings (SSSR count). The molecule has 0 aliphatic heterocycles. The number of aryl methyl sites for hydroxylation is 1. The summed E-state index contributed by atoms with van der Waals surface area (Å²) in [6.45, 7) is 1.41. The lowest BCUT2D eigenvalue weighted by Crippen LogP contribution is -2.18. The molecule has 2 aromatic carbocycles. The fourth-order valence-electron chi connectivity index (χ4n) is 2.05. The molecule has 0 heterocycles. The first-order chi connectivity index (χ1) is 9.85. The smallest absolute Gasteiger partial charge is 0.134 e. The summed E-state index contributed by atoms with van der Waals surface area (Å²) in [6, 6.07) is 2.29. The normalized spacial score (nSPS) is 12.3. The lowest BCUT2D eigenvalue weighted by atomic mass is 9.96. The molecule has 0 fully saturated rings. The molecule has 0 aliphatic rings. The van der Waals surface area contributed by atoms with Crippen LogP contribution in [0.2, 0.25) is 0 Å². The Morgan fingerprint density at radius 3 is 2.00 bits per heavy atom. The van der Waals surface area contributed by atoms with Crippen LogP contribution in [0.5, 0.6) is 5.75 Å². The predicted molar refractivity (Wildman–Crippen MR) is 70.0 cm³/mol. The van der Waals surface area contributed by atoms with Crippen LogP contribution in [0.4, 0.5) is 17.6 Å². The van der Waals surface area contributed by atoms with Crippen LogP contribution < -0.4 is 10.5 Å². The van der Waals surface area contributed by atoms with Crippen LogP contribution in [0, 0.1) is 30.2 Å². The van der Waals surface area contributed by atoms with Crippen molar-refractivity contribution in [2.24, 2.45) is 5.73 Å². The van der Waals surface area contributed by atoms with E-state index in [0.717, 1.165) is 18.2 Å². The maximum atomic E-state index is 13.9. The Hall–Kier alpha value is -2.08. The van der Waals surface area contributed by atoms with Crippen molar-refractivity contribution in [3.8, 4) is 5.75 Å². The average Bonchev–Trinajstić information content (AvgIpc) is 2.41. The van der Waals surface area contributed by atoms with Gasteiger partial charge in [0.05, 0.1) is 13.2 Å². The molecule has 0 saturated heterocycles. The molecule has 1 atom stereocenters. The van der Waals surface area contributed by atoms with Gasteiger partial charge in [0.2, 0.25) is 0 Å². The van der Waals surface area contributed by atoms with Crippen LogP contribution >= 0.6 is 0 Å². The molecule has 0 saturated carbocycles. The highest BCUT2D eigenvalue weighted by atomic mass is 19.1. The van der Waals surface area contributed by atoms with Crippen molar-refractivity contribution >= 4 is 0 Å². The molecule has 21 heavy (non-hydrogen) atoms. The summed E-state index contributed by atoms with van der Waals surface area (Å²) in [6.07, 6.45) is 0. The standard InChI is InChI=1S/C15H13F4NO/c1-7-3-9(11(17)6-10(7)16)15(20)14-12(18)4-8(21-2)5-13(14)19/h3-6,15H,20H2,1-2H3. The molecule has 2 N–H and O–H groups in total. The molecular weight excluding hydrogens is 286 g/mol. The number of ether oxygens (including phenoxy) is 1. The molecule has 0 spiro atoms. The van der Waals surface area contributed by atoms with Crippen LogP contribution in [-0.2, 0) is 0 Å². The molecule has 6 heteroatoms. The Labute approximate surface area is 119 Å². The molecule has 2 aromatic rings. The van der Waals surface area contributed by atoms with E-state index < -0.39 is 34.9 Å². The number of benzene rings is 2. The van der Waals surface area contributed by atoms with E-state index in [1.54, 1.807) is 0 Å². The predicted octanol–water partition coefficient (Wildman–Crippen LogP) is 3.61. The monoisotopic (exact) mass is 299 g/mol. The van der Waals surface area contributed by atoms with Gasteiger partial charge in [-0.25, -0.2) is 17.6 Å². The van der Waals surface area contributed by atoms with Crippen molar-refractivity contribution in [3.05, 3.63) is 64.2 Å². The van der Waals surface area contributed by atoms with E-state index in [2.05, 4.69) is 0 Å². The van der Waals surface area contributed by atoms with Crippen molar-refractivity contribution in [1.82, 2.24) is 0 Å². The fraction of sp³-hybridized carbons (Fsp3) is 0.200. The zero-order valence-electron chi connectivity index (χ0n) is 11.4. The molecule has 0 radical (unpaired) electrons. The highest BCUT2D eigenvalue weighted by Gasteiger charge is 2.23. The molecular formula is C15H13F4NO. The van der Waals surface area contributed by atoms with E-state index in [4.69, 9.17) is 10.5 Å². The molecule has 0 aliphatic carbocycles. The van der Waals surface area contributed by atoms with Gasteiger partial charge in [0.25, 0.3) is 0 Å². The van der Waals surface area contributed by atoms with E-state index in [-0.39, 0.29) is 16.9 Å². The second kappa shape index (κ2) is 5.73. The van der Waals surface area contributed by atoms with E-state index in [1.165, 1.54) is 14.0 Å². The highest BCUT2D eigenvalue weighted by molar-refractivity contribution is 5.39. The number of hydrogen-bond acceptors (Lipinski definition) is 2. The van der Waals surface area contributed by atoms with Gasteiger partial charge in [-0.15, -0.1) is 0 Å². The summed E-state index contributed by atoms with van der Waals surface area (Å²) >= 11 is 0. The van der Waals surface area contributed by atoms with E-state index in [9.17, 15) is 17.6 Å². The van der Waals surface area contributed by atoms with Gasteiger partial charge < -0.3 is 10.5 Å². The van der Waals surface area contributed by atoms with E-state index in [1.807, 2.05) is 0 Å². The SMILES string of the molecule is COc1cc(F)c(C(N)c2cc(C)c(F)cc2F)c(F)c1. The summed E-state index contributed by atoms with van der Waals surface area (Å²) in [7, 11) is 1.26. The van der Waals surface area contributed by atoms with Gasteiger partial charge in [0, 0.05) is 29.3 Å². The van der Waals surface area contributed by atoms with Gasteiger partial charge in [0.15, 0.2) is 0 Å². The Bertz CT molecular complexity index is 665. The largest absolute Gasteiger partial charge is 0.497 e. The van der Waals surface area contributed by atoms with Crippen molar-refractivity contribution in [2.75, 3.05) is 7.11 Å². The minimum atomic E-state index is -1.39. The third kappa shape index (κ3) is 2.85. The Kier molecular flexibility index (Phi) is 4.18. The number of methoxy groups -OCH3 is 1. The van der Waals surface area contributed by atoms with E-state index in [0.29, 0.717) is 6.07 Å². The quantitative estimate of drug-likeness (QED) is 0.879. The van der Waals surface area contributed by atoms with Crippen LogP contribution in [0.3, 0.4) is 0 Å². The summed E-state index contributed by atoms with van der Waals surface area (Å²) in [5.41, 5.74) is 5.20. The Morgan fingerprint density at radius 2 is 1.48 bits per heavy atom. The molecule has 2 nitrogen and oxygen atoms in total. The zero-order chi connectivity index (χ0) is 15.7. The summed E-state index contributed by atoms with van der Waals surface area (Å²) in [5, 5.41) is 0. The van der Waals surface area contributed by atoms with E-state index >= 15 is 0 Å². The van der Waals surface area contributed by atoms with Gasteiger partial charge >= 0.3 is 0 Å². The Balaban J connectivity index is 2.55. The van der Waals surface area contributed by atoms with Crippen LogP contribution in [0.15, 0.2) is 24.3 Å². The van der Waals surface area contributed by atoms with Gasteiger partial charge in [-0.3, -0.25) is 0 Å². The first-order valence-corrected chi connectivity index (χ1v) is 6.09. The van der Waals surface area contributed by atoms with Crippen molar-refractivity contribution in [2.45, 2.75) is 13.0 Å². The fourth-order valence-corrected chi connectivity index (χ4v) is 2.05. The number of rotatable bonds is 3. The van der Waals surface area contributed by atoms with Crippen molar-refractivity contribution in [3.63, 3.8) is 0 Å². The maximum Gasteiger partial charge on any atom is 0.134 e. The molecule has 0 aromatic heterocycles. The van der Waals surface area contributed by atoms with Crippen LogP contribution in [0.25, 0.3) is 0 Å². The summed E-state index contributed by atoms with van der Waals surface area (Å²) in [5.74, 6) is -3.64.